The monoisotopic (exact) mass is 249 g/mol. The Labute approximate surface area is 104 Å². The predicted octanol–water partition coefficient (Wildman–Crippen LogP) is 3.78. The highest BCUT2D eigenvalue weighted by Gasteiger charge is 2.04. The van der Waals surface area contributed by atoms with Gasteiger partial charge in [-0.2, -0.15) is 0 Å². The maximum Gasteiger partial charge on any atom is 0.133 e. The zero-order chi connectivity index (χ0) is 13.1. The van der Waals surface area contributed by atoms with Crippen LogP contribution in [-0.2, 0) is 0 Å². The van der Waals surface area contributed by atoms with Gasteiger partial charge < -0.3 is 10.5 Å². The van der Waals surface area contributed by atoms with E-state index in [4.69, 9.17) is 10.5 Å². The van der Waals surface area contributed by atoms with Crippen molar-refractivity contribution in [3.05, 3.63) is 59.7 Å². The number of halogens is 2. The van der Waals surface area contributed by atoms with E-state index in [0.29, 0.717) is 5.75 Å². The lowest BCUT2D eigenvalue weighted by molar-refractivity contribution is 0.468. The Hall–Kier alpha value is -1.94. The van der Waals surface area contributed by atoms with Gasteiger partial charge >= 0.3 is 0 Å². The van der Waals surface area contributed by atoms with Gasteiger partial charge in [0.15, 0.2) is 0 Å². The summed E-state index contributed by atoms with van der Waals surface area (Å²) in [6.45, 7) is 1.87. The minimum absolute atomic E-state index is 0.0642. The van der Waals surface area contributed by atoms with Gasteiger partial charge in [0.25, 0.3) is 0 Å². The fraction of sp³-hybridized carbons (Fsp3) is 0.143. The molecule has 0 aliphatic rings. The largest absolute Gasteiger partial charge is 0.457 e. The summed E-state index contributed by atoms with van der Waals surface area (Å²) >= 11 is 0. The average Bonchev–Trinajstić information content (AvgIpc) is 2.28. The lowest BCUT2D eigenvalue weighted by Crippen LogP contribution is -2.04. The highest BCUT2D eigenvalue weighted by atomic mass is 19.1. The average molecular weight is 249 g/mol. The van der Waals surface area contributed by atoms with Crippen molar-refractivity contribution in [1.29, 1.82) is 0 Å². The molecule has 18 heavy (non-hydrogen) atoms. The third kappa shape index (κ3) is 3.05. The first kappa shape index (κ1) is 12.5. The molecule has 0 aliphatic heterocycles. The molecule has 2 aromatic carbocycles. The van der Waals surface area contributed by atoms with Gasteiger partial charge in [-0.25, -0.2) is 8.78 Å². The number of rotatable bonds is 3. The number of benzene rings is 2. The molecule has 2 aromatic rings. The summed E-state index contributed by atoms with van der Waals surface area (Å²) in [4.78, 5) is 0. The molecule has 2 rings (SSSR count). The first-order valence-electron chi connectivity index (χ1n) is 5.54. The predicted molar refractivity (Wildman–Crippen MR) is 65.5 cm³/mol. The van der Waals surface area contributed by atoms with E-state index in [-0.39, 0.29) is 11.8 Å². The summed E-state index contributed by atoms with van der Waals surface area (Å²) in [5.74, 6) is -0.708. The molecule has 0 aliphatic carbocycles. The van der Waals surface area contributed by atoms with E-state index in [1.165, 1.54) is 0 Å². The topological polar surface area (TPSA) is 35.2 Å². The number of hydrogen-bond donors (Lipinski definition) is 1. The minimum atomic E-state index is -0.669. The summed E-state index contributed by atoms with van der Waals surface area (Å²) in [6, 6.07) is 10.0. The van der Waals surface area contributed by atoms with Crippen molar-refractivity contribution in [2.75, 3.05) is 0 Å². The summed E-state index contributed by atoms with van der Waals surface area (Å²) in [5.41, 5.74) is 6.68. The van der Waals surface area contributed by atoms with E-state index >= 15 is 0 Å². The number of nitrogens with two attached hydrogens (primary N) is 1. The third-order valence-corrected chi connectivity index (χ3v) is 2.48. The normalized spacial score (nSPS) is 12.2. The van der Waals surface area contributed by atoms with Crippen LogP contribution in [0.2, 0.25) is 0 Å². The molecule has 0 saturated carbocycles. The van der Waals surface area contributed by atoms with Crippen LogP contribution in [0.4, 0.5) is 8.78 Å². The first-order valence-corrected chi connectivity index (χ1v) is 5.54. The molecule has 4 heteroatoms. The van der Waals surface area contributed by atoms with Crippen LogP contribution in [0.5, 0.6) is 11.5 Å². The molecule has 0 saturated heterocycles. The van der Waals surface area contributed by atoms with Crippen LogP contribution in [-0.4, -0.2) is 0 Å². The van der Waals surface area contributed by atoms with Crippen LogP contribution in [0, 0.1) is 11.6 Å². The van der Waals surface area contributed by atoms with Crippen molar-refractivity contribution in [1.82, 2.24) is 0 Å². The Morgan fingerprint density at radius 3 is 2.00 bits per heavy atom. The number of hydrogen-bond acceptors (Lipinski definition) is 2. The van der Waals surface area contributed by atoms with Crippen molar-refractivity contribution in [2.24, 2.45) is 5.73 Å². The van der Waals surface area contributed by atoms with Crippen LogP contribution in [0.25, 0.3) is 0 Å². The molecular weight excluding hydrogens is 236 g/mol. The molecule has 0 spiro atoms. The third-order valence-electron chi connectivity index (χ3n) is 2.48. The van der Waals surface area contributed by atoms with Crippen LogP contribution in [0.1, 0.15) is 18.5 Å². The standard InChI is InChI=1S/C14H13F2NO/c1-9(17)10-2-4-13(5-3-10)18-14-7-11(15)6-12(16)8-14/h2-9H,17H2,1H3. The molecule has 2 N–H and O–H groups in total. The Morgan fingerprint density at radius 2 is 1.50 bits per heavy atom. The second-order valence-electron chi connectivity index (χ2n) is 4.06. The quantitative estimate of drug-likeness (QED) is 0.898. The molecule has 0 aromatic heterocycles. The molecule has 0 radical (unpaired) electrons. The highest BCUT2D eigenvalue weighted by molar-refractivity contribution is 5.34. The van der Waals surface area contributed by atoms with E-state index < -0.39 is 11.6 Å². The SMILES string of the molecule is CC(N)c1ccc(Oc2cc(F)cc(F)c2)cc1. The molecule has 0 amide bonds. The Morgan fingerprint density at radius 1 is 0.944 bits per heavy atom. The van der Waals surface area contributed by atoms with E-state index in [9.17, 15) is 8.78 Å². The molecule has 2 nitrogen and oxygen atoms in total. The van der Waals surface area contributed by atoms with Crippen molar-refractivity contribution >= 4 is 0 Å². The van der Waals surface area contributed by atoms with Gasteiger partial charge in [-0.05, 0) is 24.6 Å². The Kier molecular flexibility index (Phi) is 3.58. The maximum atomic E-state index is 13.0. The molecule has 94 valence electrons. The lowest BCUT2D eigenvalue weighted by Gasteiger charge is -2.08. The van der Waals surface area contributed by atoms with Gasteiger partial charge in [-0.3, -0.25) is 0 Å². The van der Waals surface area contributed by atoms with Crippen LogP contribution in [0.3, 0.4) is 0 Å². The summed E-state index contributed by atoms with van der Waals surface area (Å²) in [5, 5.41) is 0. The van der Waals surface area contributed by atoms with E-state index in [2.05, 4.69) is 0 Å². The van der Waals surface area contributed by atoms with Crippen molar-refractivity contribution in [3.8, 4) is 11.5 Å². The second kappa shape index (κ2) is 5.14. The molecule has 0 bridgehead atoms. The zero-order valence-corrected chi connectivity index (χ0v) is 9.86. The number of ether oxygens (including phenoxy) is 1. The fourth-order valence-electron chi connectivity index (χ4n) is 1.56. The van der Waals surface area contributed by atoms with Crippen molar-refractivity contribution in [3.63, 3.8) is 0 Å². The second-order valence-corrected chi connectivity index (χ2v) is 4.06. The van der Waals surface area contributed by atoms with Gasteiger partial charge in [0.1, 0.15) is 23.1 Å². The summed E-state index contributed by atoms with van der Waals surface area (Å²) < 4.78 is 31.3. The minimum Gasteiger partial charge on any atom is -0.457 e. The van der Waals surface area contributed by atoms with E-state index in [1.807, 2.05) is 19.1 Å². The molecule has 0 fully saturated rings. The van der Waals surface area contributed by atoms with Gasteiger partial charge in [0.05, 0.1) is 0 Å². The Bertz CT molecular complexity index is 518. The fourth-order valence-corrected chi connectivity index (χ4v) is 1.56. The molecular formula is C14H13F2NO. The maximum absolute atomic E-state index is 13.0. The van der Waals surface area contributed by atoms with Crippen molar-refractivity contribution in [2.45, 2.75) is 13.0 Å². The molecule has 1 unspecified atom stereocenters. The van der Waals surface area contributed by atoms with Crippen molar-refractivity contribution < 1.29 is 13.5 Å². The van der Waals surface area contributed by atoms with Gasteiger partial charge in [-0.15, -0.1) is 0 Å². The van der Waals surface area contributed by atoms with Gasteiger partial charge in [-0.1, -0.05) is 12.1 Å². The smallest absolute Gasteiger partial charge is 0.133 e. The van der Waals surface area contributed by atoms with E-state index in [1.54, 1.807) is 12.1 Å². The molecule has 1 atom stereocenters. The van der Waals surface area contributed by atoms with Crippen LogP contribution >= 0.6 is 0 Å². The van der Waals surface area contributed by atoms with Gasteiger partial charge in [0.2, 0.25) is 0 Å². The summed E-state index contributed by atoms with van der Waals surface area (Å²) in [6.07, 6.45) is 0. The first-order chi connectivity index (χ1) is 8.54. The van der Waals surface area contributed by atoms with Gasteiger partial charge in [0, 0.05) is 24.2 Å². The zero-order valence-electron chi connectivity index (χ0n) is 9.86. The van der Waals surface area contributed by atoms with Crippen LogP contribution < -0.4 is 10.5 Å². The van der Waals surface area contributed by atoms with Crippen LogP contribution in [0.15, 0.2) is 42.5 Å². The van der Waals surface area contributed by atoms with E-state index in [0.717, 1.165) is 23.8 Å². The summed E-state index contributed by atoms with van der Waals surface area (Å²) in [7, 11) is 0. The highest BCUT2D eigenvalue weighted by Crippen LogP contribution is 2.24. The lowest BCUT2D eigenvalue weighted by atomic mass is 10.1. The molecule has 0 heterocycles. The Balaban J connectivity index is 2.18.